The summed E-state index contributed by atoms with van der Waals surface area (Å²) in [5, 5.41) is 0. The van der Waals surface area contributed by atoms with Crippen molar-refractivity contribution in [2.24, 2.45) is 5.73 Å². The van der Waals surface area contributed by atoms with E-state index in [9.17, 15) is 9.59 Å². The summed E-state index contributed by atoms with van der Waals surface area (Å²) in [5.41, 5.74) is 5.12. The zero-order valence-electron chi connectivity index (χ0n) is 6.69. The van der Waals surface area contributed by atoms with Gasteiger partial charge in [0.05, 0.1) is 5.75 Å². The first-order chi connectivity index (χ1) is 5.66. The predicted octanol–water partition coefficient (Wildman–Crippen LogP) is -0.608. The van der Waals surface area contributed by atoms with Crippen molar-refractivity contribution in [3.63, 3.8) is 0 Å². The van der Waals surface area contributed by atoms with Crippen LogP contribution in [0.15, 0.2) is 0 Å². The maximum atomic E-state index is 11.2. The van der Waals surface area contributed by atoms with Crippen molar-refractivity contribution in [2.75, 3.05) is 12.3 Å². The van der Waals surface area contributed by atoms with Gasteiger partial charge in [-0.2, -0.15) is 12.6 Å². The summed E-state index contributed by atoms with van der Waals surface area (Å²) in [6.07, 6.45) is 1.54. The molecule has 4 nitrogen and oxygen atoms in total. The van der Waals surface area contributed by atoms with E-state index in [0.717, 1.165) is 6.42 Å². The van der Waals surface area contributed by atoms with Crippen molar-refractivity contribution in [2.45, 2.75) is 18.9 Å². The van der Waals surface area contributed by atoms with E-state index in [1.807, 2.05) is 0 Å². The van der Waals surface area contributed by atoms with Gasteiger partial charge in [0, 0.05) is 6.54 Å². The van der Waals surface area contributed by atoms with Gasteiger partial charge in [-0.1, -0.05) is 0 Å². The van der Waals surface area contributed by atoms with E-state index in [1.54, 1.807) is 0 Å². The molecule has 0 aromatic carbocycles. The lowest BCUT2D eigenvalue weighted by Crippen LogP contribution is -2.44. The fraction of sp³-hybridized carbons (Fsp3) is 0.714. The Bertz CT molecular complexity index is 208. The van der Waals surface area contributed by atoms with Crippen LogP contribution in [0.1, 0.15) is 12.8 Å². The molecule has 1 fully saturated rings. The number of nitrogens with two attached hydrogens (primary N) is 1. The summed E-state index contributed by atoms with van der Waals surface area (Å²) in [5.74, 6) is -0.383. The summed E-state index contributed by atoms with van der Waals surface area (Å²) in [6.45, 7) is 0.632. The first-order valence-electron chi connectivity index (χ1n) is 3.86. The monoisotopic (exact) mass is 188 g/mol. The molecule has 0 radical (unpaired) electrons. The molecule has 5 heteroatoms. The van der Waals surface area contributed by atoms with Gasteiger partial charge in [-0.05, 0) is 12.8 Å². The van der Waals surface area contributed by atoms with Gasteiger partial charge < -0.3 is 10.6 Å². The maximum absolute atomic E-state index is 11.2. The fourth-order valence-electron chi connectivity index (χ4n) is 1.45. The van der Waals surface area contributed by atoms with E-state index < -0.39 is 11.9 Å². The molecule has 2 amide bonds. The highest BCUT2D eigenvalue weighted by Crippen LogP contribution is 2.16. The lowest BCUT2D eigenvalue weighted by atomic mass is 10.2. The average Bonchev–Trinajstić information content (AvgIpc) is 2.50. The van der Waals surface area contributed by atoms with Gasteiger partial charge in [0.15, 0.2) is 0 Å². The minimum atomic E-state index is -0.414. The number of carbonyl (C=O) groups excluding carboxylic acids is 2. The Morgan fingerprint density at radius 3 is 2.75 bits per heavy atom. The molecule has 68 valence electrons. The highest BCUT2D eigenvalue weighted by atomic mass is 32.1. The summed E-state index contributed by atoms with van der Waals surface area (Å²) >= 11 is 3.86. The SMILES string of the molecule is NC(=O)C1CCCN1C(=O)CS. The molecule has 1 heterocycles. The quantitative estimate of drug-likeness (QED) is 0.568. The van der Waals surface area contributed by atoms with Gasteiger partial charge in [0.25, 0.3) is 0 Å². The second kappa shape index (κ2) is 3.80. The molecule has 0 aromatic rings. The Hall–Kier alpha value is -0.710. The second-order valence-electron chi connectivity index (χ2n) is 2.81. The second-order valence-corrected chi connectivity index (χ2v) is 3.12. The molecule has 1 unspecified atom stereocenters. The Labute approximate surface area is 76.5 Å². The lowest BCUT2D eigenvalue weighted by Gasteiger charge is -2.20. The van der Waals surface area contributed by atoms with Crippen LogP contribution < -0.4 is 5.73 Å². The van der Waals surface area contributed by atoms with Crippen molar-refractivity contribution in [3.8, 4) is 0 Å². The van der Waals surface area contributed by atoms with E-state index >= 15 is 0 Å². The molecular formula is C7H12N2O2S. The summed E-state index contributed by atoms with van der Waals surface area (Å²) < 4.78 is 0. The normalized spacial score (nSPS) is 22.8. The van der Waals surface area contributed by atoms with Gasteiger partial charge in [-0.3, -0.25) is 9.59 Å². The zero-order valence-corrected chi connectivity index (χ0v) is 7.59. The summed E-state index contributed by atoms with van der Waals surface area (Å²) in [4.78, 5) is 23.5. The van der Waals surface area contributed by atoms with Crippen LogP contribution >= 0.6 is 12.6 Å². The number of amides is 2. The number of thiol groups is 1. The number of primary amides is 1. The first-order valence-corrected chi connectivity index (χ1v) is 4.49. The number of likely N-dealkylation sites (tertiary alicyclic amines) is 1. The third-order valence-electron chi connectivity index (χ3n) is 2.04. The third kappa shape index (κ3) is 1.72. The Kier molecular flexibility index (Phi) is 2.97. The first kappa shape index (κ1) is 9.38. The van der Waals surface area contributed by atoms with Gasteiger partial charge >= 0.3 is 0 Å². The largest absolute Gasteiger partial charge is 0.368 e. The van der Waals surface area contributed by atoms with Crippen LogP contribution in [-0.2, 0) is 9.59 Å². The molecule has 12 heavy (non-hydrogen) atoms. The molecule has 0 aromatic heterocycles. The van der Waals surface area contributed by atoms with Gasteiger partial charge in [0.2, 0.25) is 11.8 Å². The minimum Gasteiger partial charge on any atom is -0.368 e. The lowest BCUT2D eigenvalue weighted by molar-refractivity contribution is -0.135. The predicted molar refractivity (Wildman–Crippen MR) is 47.8 cm³/mol. The van der Waals surface area contributed by atoms with Gasteiger partial charge in [-0.15, -0.1) is 0 Å². The van der Waals surface area contributed by atoms with Crippen LogP contribution in [0.2, 0.25) is 0 Å². The van der Waals surface area contributed by atoms with E-state index in [2.05, 4.69) is 12.6 Å². The number of nitrogens with zero attached hydrogens (tertiary/aromatic N) is 1. The minimum absolute atomic E-state index is 0.111. The summed E-state index contributed by atoms with van der Waals surface area (Å²) in [6, 6.07) is -0.398. The van der Waals surface area contributed by atoms with Crippen LogP contribution in [0.5, 0.6) is 0 Å². The van der Waals surface area contributed by atoms with Crippen molar-refractivity contribution in [1.29, 1.82) is 0 Å². The Morgan fingerprint density at radius 1 is 1.58 bits per heavy atom. The molecule has 1 rings (SSSR count). The van der Waals surface area contributed by atoms with Crippen LogP contribution in [0, 0.1) is 0 Å². The smallest absolute Gasteiger partial charge is 0.240 e. The highest BCUT2D eigenvalue weighted by Gasteiger charge is 2.31. The van der Waals surface area contributed by atoms with Gasteiger partial charge in [0.1, 0.15) is 6.04 Å². The molecule has 2 N–H and O–H groups in total. The van der Waals surface area contributed by atoms with E-state index in [-0.39, 0.29) is 11.7 Å². The Morgan fingerprint density at radius 2 is 2.25 bits per heavy atom. The number of rotatable bonds is 2. The standard InChI is InChI=1S/C7H12N2O2S/c8-7(11)5-2-1-3-9(5)6(10)4-12/h5,12H,1-4H2,(H2,8,11). The highest BCUT2D eigenvalue weighted by molar-refractivity contribution is 7.81. The van der Waals surface area contributed by atoms with Gasteiger partial charge in [-0.25, -0.2) is 0 Å². The maximum Gasteiger partial charge on any atom is 0.240 e. The number of hydrogen-bond donors (Lipinski definition) is 2. The van der Waals surface area contributed by atoms with Crippen molar-refractivity contribution in [3.05, 3.63) is 0 Å². The van der Waals surface area contributed by atoms with Crippen LogP contribution in [0.4, 0.5) is 0 Å². The molecule has 0 saturated carbocycles. The molecule has 0 spiro atoms. The topological polar surface area (TPSA) is 63.4 Å². The third-order valence-corrected chi connectivity index (χ3v) is 2.31. The van der Waals surface area contributed by atoms with Crippen molar-refractivity contribution < 1.29 is 9.59 Å². The molecule has 0 aliphatic carbocycles. The molecule has 1 saturated heterocycles. The molecule has 1 aliphatic heterocycles. The number of hydrogen-bond acceptors (Lipinski definition) is 3. The number of carbonyl (C=O) groups is 2. The van der Waals surface area contributed by atoms with Crippen molar-refractivity contribution in [1.82, 2.24) is 4.90 Å². The van der Waals surface area contributed by atoms with Crippen molar-refractivity contribution >= 4 is 24.4 Å². The Balaban J connectivity index is 2.63. The fourth-order valence-corrected chi connectivity index (χ4v) is 1.63. The average molecular weight is 188 g/mol. The molecule has 1 atom stereocenters. The summed E-state index contributed by atoms with van der Waals surface area (Å²) in [7, 11) is 0. The molecular weight excluding hydrogens is 176 g/mol. The van der Waals surface area contributed by atoms with E-state index in [0.29, 0.717) is 13.0 Å². The molecule has 1 aliphatic rings. The van der Waals surface area contributed by atoms with Crippen LogP contribution in [0.3, 0.4) is 0 Å². The zero-order chi connectivity index (χ0) is 9.14. The van der Waals surface area contributed by atoms with E-state index in [1.165, 1.54) is 4.90 Å². The molecule has 0 bridgehead atoms. The van der Waals surface area contributed by atoms with Crippen LogP contribution in [0.25, 0.3) is 0 Å². The van der Waals surface area contributed by atoms with E-state index in [4.69, 9.17) is 5.73 Å². The van der Waals surface area contributed by atoms with Crippen LogP contribution in [-0.4, -0.2) is 35.1 Å².